The van der Waals surface area contributed by atoms with Gasteiger partial charge in [0.05, 0.1) is 11.2 Å². The lowest BCUT2D eigenvalue weighted by Gasteiger charge is -2.19. The second kappa shape index (κ2) is 15.0. The Kier molecular flexibility index (Phi) is 8.57. The first-order chi connectivity index (χ1) is 32.2. The van der Waals surface area contributed by atoms with Crippen LogP contribution in [0.5, 0.6) is 0 Å². The van der Waals surface area contributed by atoms with Gasteiger partial charge in [0.2, 0.25) is 0 Å². The molecule has 0 amide bonds. The van der Waals surface area contributed by atoms with Crippen molar-refractivity contribution < 1.29 is 0 Å². The zero-order chi connectivity index (χ0) is 42.8. The molecule has 0 aliphatic heterocycles. The highest BCUT2D eigenvalue weighted by atomic mass is 15.3. The molecule has 65 heavy (non-hydrogen) atoms. The van der Waals surface area contributed by atoms with Crippen LogP contribution in [0.15, 0.2) is 243 Å². The molecule has 0 N–H and O–H groups in total. The molecule has 0 aliphatic rings. The normalized spacial score (nSPS) is 11.7. The molecule has 12 aromatic carbocycles. The van der Waals surface area contributed by atoms with Gasteiger partial charge >= 0.3 is 0 Å². The molecule has 2 nitrogen and oxygen atoms in total. The molecule has 0 radical (unpaired) electrons. The van der Waals surface area contributed by atoms with Crippen LogP contribution >= 0.6 is 0 Å². The summed E-state index contributed by atoms with van der Waals surface area (Å²) in [5, 5.41) is 18.8. The molecule has 13 rings (SSSR count). The Morgan fingerprint density at radius 2 is 0.754 bits per heavy atom. The van der Waals surface area contributed by atoms with E-state index < -0.39 is 0 Å². The van der Waals surface area contributed by atoms with Crippen molar-refractivity contribution in [3.63, 3.8) is 0 Å². The van der Waals surface area contributed by atoms with Gasteiger partial charge in [0.25, 0.3) is 0 Å². The maximum Gasteiger partial charge on any atom is 0.101 e. The molecule has 1 aromatic heterocycles. The molecule has 0 atom stereocenters. The van der Waals surface area contributed by atoms with Crippen molar-refractivity contribution in [3.8, 4) is 61.5 Å². The third-order valence-corrected chi connectivity index (χ3v) is 13.3. The summed E-state index contributed by atoms with van der Waals surface area (Å²) < 4.78 is 2.13. The number of rotatable bonds is 6. The van der Waals surface area contributed by atoms with E-state index in [9.17, 15) is 0 Å². The van der Waals surface area contributed by atoms with Crippen molar-refractivity contribution in [1.29, 1.82) is 0 Å². The quantitative estimate of drug-likeness (QED) is 0.153. The Bertz CT molecular complexity index is 3980. The van der Waals surface area contributed by atoms with E-state index >= 15 is 0 Å². The SMILES string of the molecule is c1ccc(-c2nn(-c3ccccc3)c3c2c(-c2ccc(-c4ccc5c(-c6ccc7ccccc7c6)c6ccccc6c(-c6ccc7ccccc7c6)c5c4)cc2)cc2ccccc23)cc1. The first-order valence-corrected chi connectivity index (χ1v) is 22.4. The largest absolute Gasteiger partial charge is 0.232 e. The van der Waals surface area contributed by atoms with E-state index in [1.54, 1.807) is 0 Å². The van der Waals surface area contributed by atoms with Gasteiger partial charge in [-0.05, 0) is 129 Å². The van der Waals surface area contributed by atoms with E-state index in [1.165, 1.54) is 87.2 Å². The minimum absolute atomic E-state index is 0.972. The standard InChI is InChI=1S/C63H40N2/c1-3-17-45(18-4-1)62-61-57(40-49-21-11-12-24-53(49)63(61)65(64-62)52-22-5-2-6-23-52)44-31-27-43(28-32-44)48-35-36-56-58(39-48)60(51-34-30-42-16-8-10-20-47(42)38-51)55-26-14-13-25-54(55)59(56)50-33-29-41-15-7-9-19-46(41)37-50/h1-40H. The zero-order valence-corrected chi connectivity index (χ0v) is 35.5. The molecule has 0 saturated heterocycles. The Morgan fingerprint density at radius 1 is 0.277 bits per heavy atom. The number of nitrogens with zero attached hydrogens (tertiary/aromatic N) is 2. The van der Waals surface area contributed by atoms with Crippen molar-refractivity contribution >= 4 is 64.8 Å². The first kappa shape index (κ1) is 37.0. The van der Waals surface area contributed by atoms with Crippen LogP contribution in [0.1, 0.15) is 0 Å². The fourth-order valence-electron chi connectivity index (χ4n) is 10.3. The van der Waals surface area contributed by atoms with Gasteiger partial charge in [-0.15, -0.1) is 0 Å². The average molecular weight is 825 g/mol. The van der Waals surface area contributed by atoms with Crippen molar-refractivity contribution in [2.24, 2.45) is 0 Å². The van der Waals surface area contributed by atoms with Gasteiger partial charge in [-0.1, -0.05) is 206 Å². The molecule has 0 spiro atoms. The average Bonchev–Trinajstić information content (AvgIpc) is 3.79. The Morgan fingerprint density at radius 3 is 1.40 bits per heavy atom. The zero-order valence-electron chi connectivity index (χ0n) is 35.5. The minimum atomic E-state index is 0.972. The van der Waals surface area contributed by atoms with E-state index in [0.29, 0.717) is 0 Å². The lowest BCUT2D eigenvalue weighted by atomic mass is 9.84. The van der Waals surface area contributed by atoms with Crippen LogP contribution in [-0.4, -0.2) is 9.78 Å². The molecule has 0 saturated carbocycles. The second-order valence-corrected chi connectivity index (χ2v) is 17.1. The first-order valence-electron chi connectivity index (χ1n) is 22.4. The van der Waals surface area contributed by atoms with Crippen LogP contribution in [0.3, 0.4) is 0 Å². The number of fused-ring (bicyclic) bond motifs is 7. The maximum atomic E-state index is 5.39. The summed E-state index contributed by atoms with van der Waals surface area (Å²) in [5.74, 6) is 0. The highest BCUT2D eigenvalue weighted by Gasteiger charge is 2.22. The van der Waals surface area contributed by atoms with Crippen molar-refractivity contribution in [2.45, 2.75) is 0 Å². The van der Waals surface area contributed by atoms with Crippen LogP contribution in [0.25, 0.3) is 126 Å². The summed E-state index contributed by atoms with van der Waals surface area (Å²) in [7, 11) is 0. The lowest BCUT2D eigenvalue weighted by Crippen LogP contribution is -1.96. The molecule has 0 unspecified atom stereocenters. The number of para-hydroxylation sites is 1. The van der Waals surface area contributed by atoms with Crippen LogP contribution < -0.4 is 0 Å². The number of benzene rings is 12. The van der Waals surface area contributed by atoms with E-state index in [4.69, 9.17) is 5.10 Å². The molecule has 0 fully saturated rings. The summed E-state index contributed by atoms with van der Waals surface area (Å²) in [6.45, 7) is 0. The Balaban J connectivity index is 1.02. The summed E-state index contributed by atoms with van der Waals surface area (Å²) in [4.78, 5) is 0. The van der Waals surface area contributed by atoms with Gasteiger partial charge in [-0.3, -0.25) is 0 Å². The van der Waals surface area contributed by atoms with Gasteiger partial charge in [0, 0.05) is 16.3 Å². The van der Waals surface area contributed by atoms with Crippen LogP contribution in [0.2, 0.25) is 0 Å². The third kappa shape index (κ3) is 6.14. The van der Waals surface area contributed by atoms with E-state index in [0.717, 1.165) is 39.0 Å². The van der Waals surface area contributed by atoms with Gasteiger partial charge in [0.1, 0.15) is 5.69 Å². The van der Waals surface area contributed by atoms with Crippen LogP contribution in [0.4, 0.5) is 0 Å². The molecule has 302 valence electrons. The summed E-state index contributed by atoms with van der Waals surface area (Å²) in [6.07, 6.45) is 0. The molecule has 13 aromatic rings. The summed E-state index contributed by atoms with van der Waals surface area (Å²) >= 11 is 0. The minimum Gasteiger partial charge on any atom is -0.232 e. The highest BCUT2D eigenvalue weighted by Crippen LogP contribution is 2.47. The summed E-state index contributed by atoms with van der Waals surface area (Å²) in [5.41, 5.74) is 13.8. The second-order valence-electron chi connectivity index (χ2n) is 17.1. The number of hydrogen-bond donors (Lipinski definition) is 0. The molecular formula is C63H40N2. The van der Waals surface area contributed by atoms with Crippen molar-refractivity contribution in [1.82, 2.24) is 9.78 Å². The fraction of sp³-hybridized carbons (Fsp3) is 0. The topological polar surface area (TPSA) is 17.8 Å². The smallest absolute Gasteiger partial charge is 0.101 e. The third-order valence-electron chi connectivity index (χ3n) is 13.3. The highest BCUT2D eigenvalue weighted by molar-refractivity contribution is 6.23. The van der Waals surface area contributed by atoms with Crippen molar-refractivity contribution in [3.05, 3.63) is 243 Å². The Hall–Kier alpha value is -8.59. The van der Waals surface area contributed by atoms with Gasteiger partial charge in [-0.25, -0.2) is 4.68 Å². The van der Waals surface area contributed by atoms with E-state index in [1.807, 2.05) is 0 Å². The van der Waals surface area contributed by atoms with Crippen LogP contribution in [0, 0.1) is 0 Å². The van der Waals surface area contributed by atoms with E-state index in [2.05, 4.69) is 247 Å². The monoisotopic (exact) mass is 824 g/mol. The number of aromatic nitrogens is 2. The molecular weight excluding hydrogens is 785 g/mol. The van der Waals surface area contributed by atoms with Gasteiger partial charge in [0.15, 0.2) is 0 Å². The maximum absolute atomic E-state index is 5.39. The van der Waals surface area contributed by atoms with Crippen molar-refractivity contribution in [2.75, 3.05) is 0 Å². The van der Waals surface area contributed by atoms with Gasteiger partial charge < -0.3 is 0 Å². The van der Waals surface area contributed by atoms with Crippen LogP contribution in [-0.2, 0) is 0 Å². The van der Waals surface area contributed by atoms with Gasteiger partial charge in [-0.2, -0.15) is 5.10 Å². The van der Waals surface area contributed by atoms with E-state index in [-0.39, 0.29) is 0 Å². The number of hydrogen-bond acceptors (Lipinski definition) is 1. The predicted molar refractivity (Wildman–Crippen MR) is 276 cm³/mol. The summed E-state index contributed by atoms with van der Waals surface area (Å²) in [6, 6.07) is 88.5. The Labute approximate surface area is 376 Å². The molecule has 1 heterocycles. The lowest BCUT2D eigenvalue weighted by molar-refractivity contribution is 0.918. The molecule has 0 bridgehead atoms. The molecule has 0 aliphatic carbocycles. The fourth-order valence-corrected chi connectivity index (χ4v) is 10.3. The predicted octanol–water partition coefficient (Wildman–Crippen LogP) is 17.1. The molecule has 2 heteroatoms.